The fourth-order valence-electron chi connectivity index (χ4n) is 3.32. The minimum atomic E-state index is -5.08. The molecule has 3 rings (SSSR count). The highest BCUT2D eigenvalue weighted by molar-refractivity contribution is 5.73. The number of carbonyl (C=O) groups excluding carboxylic acids is 1. The lowest BCUT2D eigenvalue weighted by molar-refractivity contribution is -0.193. The lowest BCUT2D eigenvalue weighted by Crippen LogP contribution is -2.39. The number of carboxylic acid groups (broad SMARTS) is 2. The summed E-state index contributed by atoms with van der Waals surface area (Å²) in [7, 11) is 3.51. The smallest absolute Gasteiger partial charge is 0.475 e. The second kappa shape index (κ2) is 13.2. The summed E-state index contributed by atoms with van der Waals surface area (Å²) in [5.41, 5.74) is 1.10. The maximum Gasteiger partial charge on any atom is 0.490 e. The van der Waals surface area contributed by atoms with Crippen molar-refractivity contribution in [3.05, 3.63) is 30.1 Å². The molecule has 2 amide bonds. The molecule has 10 nitrogen and oxygen atoms in total. The molecule has 204 valence electrons. The Morgan fingerprint density at radius 1 is 1.08 bits per heavy atom. The Balaban J connectivity index is 0.000000383. The van der Waals surface area contributed by atoms with Crippen molar-refractivity contribution in [3.63, 3.8) is 0 Å². The van der Waals surface area contributed by atoms with Gasteiger partial charge in [-0.25, -0.2) is 14.4 Å². The van der Waals surface area contributed by atoms with Crippen LogP contribution in [0.1, 0.15) is 5.69 Å². The quantitative estimate of drug-likeness (QED) is 0.503. The van der Waals surface area contributed by atoms with Crippen LogP contribution in [-0.2, 0) is 20.9 Å². The fraction of sp³-hybridized carbons (Fsp3) is 0.600. The zero-order chi connectivity index (χ0) is 27.7. The highest BCUT2D eigenvalue weighted by atomic mass is 19.4. The molecule has 1 aromatic rings. The first kappa shape index (κ1) is 30.9. The first-order chi connectivity index (χ1) is 16.5. The van der Waals surface area contributed by atoms with Gasteiger partial charge in [0.1, 0.15) is 0 Å². The minimum Gasteiger partial charge on any atom is -0.475 e. The molecule has 0 aliphatic carbocycles. The van der Waals surface area contributed by atoms with Crippen molar-refractivity contribution in [3.8, 4) is 0 Å². The van der Waals surface area contributed by atoms with Gasteiger partial charge in [-0.3, -0.25) is 9.88 Å². The van der Waals surface area contributed by atoms with Gasteiger partial charge >= 0.3 is 30.3 Å². The van der Waals surface area contributed by atoms with Gasteiger partial charge in [0.25, 0.3) is 0 Å². The number of halogens is 6. The molecule has 0 spiro atoms. The number of hydrogen-bond donors (Lipinski definition) is 3. The lowest BCUT2D eigenvalue weighted by Gasteiger charge is -2.20. The fourth-order valence-corrected chi connectivity index (χ4v) is 3.32. The number of urea groups is 1. The molecular weight excluding hydrogens is 506 g/mol. The zero-order valence-corrected chi connectivity index (χ0v) is 19.2. The molecule has 1 aromatic heterocycles. The molecule has 0 radical (unpaired) electrons. The first-order valence-electron chi connectivity index (χ1n) is 10.3. The van der Waals surface area contributed by atoms with Crippen molar-refractivity contribution in [1.82, 2.24) is 20.1 Å². The van der Waals surface area contributed by atoms with Crippen LogP contribution in [-0.4, -0.2) is 102 Å². The van der Waals surface area contributed by atoms with E-state index in [1.54, 1.807) is 19.0 Å². The number of likely N-dealkylation sites (tertiary alicyclic amines) is 1. The largest absolute Gasteiger partial charge is 0.490 e. The number of carboxylic acids is 2. The number of hydrogen-bond acceptors (Lipinski definition) is 6. The Hall–Kier alpha value is -3.14. The number of aliphatic carboxylic acids is 2. The maximum absolute atomic E-state index is 11.7. The van der Waals surface area contributed by atoms with Crippen LogP contribution >= 0.6 is 0 Å². The molecule has 2 fully saturated rings. The summed E-state index contributed by atoms with van der Waals surface area (Å²) in [5, 5.41) is 17.2. The van der Waals surface area contributed by atoms with Crippen molar-refractivity contribution in [1.29, 1.82) is 0 Å². The number of rotatable bonds is 4. The number of fused-ring (bicyclic) bond motifs is 1. The summed E-state index contributed by atoms with van der Waals surface area (Å²) >= 11 is 0. The summed E-state index contributed by atoms with van der Waals surface area (Å²) in [6, 6.07) is 5.99. The molecule has 36 heavy (non-hydrogen) atoms. The van der Waals surface area contributed by atoms with Gasteiger partial charge < -0.3 is 25.2 Å². The predicted molar refractivity (Wildman–Crippen MR) is 111 cm³/mol. The summed E-state index contributed by atoms with van der Waals surface area (Å²) in [6.45, 7) is 4.28. The average molecular weight is 532 g/mol. The van der Waals surface area contributed by atoms with Gasteiger partial charge in [-0.1, -0.05) is 6.07 Å². The van der Waals surface area contributed by atoms with Gasteiger partial charge in [-0.15, -0.1) is 0 Å². The van der Waals surface area contributed by atoms with Crippen molar-refractivity contribution in [2.75, 3.05) is 40.3 Å². The standard InChI is InChI=1S/C16H24N4O2.2C2HF3O2/c1-19(2)16(21)18-7-12-11-22-15-10-20(9-14(12)15)8-13-5-3-4-6-17-13;2*3-2(4,5)1(6)7/h3-6,12,14-15H,7-11H2,1-2H3,(H,18,21);2*(H,6,7)/t12-,14+,15+;;/m0../s1. The molecule has 16 heteroatoms. The Kier molecular flexibility index (Phi) is 11.4. The van der Waals surface area contributed by atoms with Crippen LogP contribution in [0.25, 0.3) is 0 Å². The predicted octanol–water partition coefficient (Wildman–Crippen LogP) is 2.07. The van der Waals surface area contributed by atoms with Crippen molar-refractivity contribution in [2.24, 2.45) is 11.8 Å². The van der Waals surface area contributed by atoms with Crippen molar-refractivity contribution >= 4 is 18.0 Å². The van der Waals surface area contributed by atoms with E-state index < -0.39 is 24.3 Å². The van der Waals surface area contributed by atoms with Crippen molar-refractivity contribution in [2.45, 2.75) is 25.0 Å². The number of nitrogens with one attached hydrogen (secondary N) is 1. The topological polar surface area (TPSA) is 132 Å². The van der Waals surface area contributed by atoms with Gasteiger partial charge in [0.2, 0.25) is 0 Å². The van der Waals surface area contributed by atoms with E-state index in [1.165, 1.54) is 0 Å². The molecule has 3 atom stereocenters. The van der Waals surface area contributed by atoms with Crippen molar-refractivity contribution < 1.29 is 55.7 Å². The molecule has 2 aliphatic heterocycles. The molecule has 0 bridgehead atoms. The third-order valence-corrected chi connectivity index (χ3v) is 5.03. The highest BCUT2D eigenvalue weighted by Gasteiger charge is 2.43. The molecule has 0 aromatic carbocycles. The monoisotopic (exact) mass is 532 g/mol. The average Bonchev–Trinajstić information content (AvgIpc) is 3.32. The molecule has 0 unspecified atom stereocenters. The van der Waals surface area contributed by atoms with E-state index >= 15 is 0 Å². The number of alkyl halides is 6. The van der Waals surface area contributed by atoms with Gasteiger partial charge in [0.15, 0.2) is 0 Å². The zero-order valence-electron chi connectivity index (χ0n) is 19.2. The molecule has 3 heterocycles. The number of pyridine rings is 1. The highest BCUT2D eigenvalue weighted by Crippen LogP contribution is 2.33. The van der Waals surface area contributed by atoms with E-state index in [2.05, 4.69) is 21.3 Å². The van der Waals surface area contributed by atoms with Crippen LogP contribution in [0.4, 0.5) is 31.1 Å². The van der Waals surface area contributed by atoms with Crippen LogP contribution in [0, 0.1) is 11.8 Å². The van der Waals surface area contributed by atoms with E-state index in [-0.39, 0.29) is 6.03 Å². The molecule has 2 saturated heterocycles. The Bertz CT molecular complexity index is 844. The van der Waals surface area contributed by atoms with Gasteiger partial charge in [0.05, 0.1) is 18.4 Å². The van der Waals surface area contributed by atoms with Gasteiger partial charge in [-0.2, -0.15) is 26.3 Å². The number of ether oxygens (including phenoxy) is 1. The molecule has 2 aliphatic rings. The molecule has 3 N–H and O–H groups in total. The molecular formula is C20H26F6N4O6. The van der Waals surface area contributed by atoms with Gasteiger partial charge in [0, 0.05) is 58.3 Å². The van der Waals surface area contributed by atoms with Crippen LogP contribution in [0.15, 0.2) is 24.4 Å². The Labute approximate surface area is 201 Å². The third-order valence-electron chi connectivity index (χ3n) is 5.03. The van der Waals surface area contributed by atoms with E-state index in [0.717, 1.165) is 31.9 Å². The second-order valence-corrected chi connectivity index (χ2v) is 8.00. The number of aromatic nitrogens is 1. The number of nitrogens with zero attached hydrogens (tertiary/aromatic N) is 3. The summed E-state index contributed by atoms with van der Waals surface area (Å²) in [5.74, 6) is -4.60. The van der Waals surface area contributed by atoms with E-state index in [0.29, 0.717) is 24.5 Å². The maximum atomic E-state index is 11.7. The van der Waals surface area contributed by atoms with E-state index in [4.69, 9.17) is 24.5 Å². The van der Waals surface area contributed by atoms with E-state index in [9.17, 15) is 31.1 Å². The second-order valence-electron chi connectivity index (χ2n) is 8.00. The van der Waals surface area contributed by atoms with E-state index in [1.807, 2.05) is 18.3 Å². The summed E-state index contributed by atoms with van der Waals surface area (Å²) in [4.78, 5) is 37.8. The van der Waals surface area contributed by atoms with Crippen LogP contribution in [0.2, 0.25) is 0 Å². The summed E-state index contributed by atoms with van der Waals surface area (Å²) in [6.07, 6.45) is -8.03. The first-order valence-corrected chi connectivity index (χ1v) is 10.3. The van der Waals surface area contributed by atoms with Crippen LogP contribution in [0.5, 0.6) is 0 Å². The van der Waals surface area contributed by atoms with Crippen LogP contribution < -0.4 is 5.32 Å². The Morgan fingerprint density at radius 3 is 2.08 bits per heavy atom. The van der Waals surface area contributed by atoms with Gasteiger partial charge in [-0.05, 0) is 12.1 Å². The number of carbonyl (C=O) groups is 3. The third kappa shape index (κ3) is 10.6. The minimum absolute atomic E-state index is 0.0354. The molecule has 0 saturated carbocycles. The summed E-state index contributed by atoms with van der Waals surface area (Å²) < 4.78 is 69.4. The Morgan fingerprint density at radius 2 is 1.64 bits per heavy atom. The number of amides is 2. The van der Waals surface area contributed by atoms with Crippen LogP contribution in [0.3, 0.4) is 0 Å². The SMILES string of the molecule is CN(C)C(=O)NC[C@H]1CO[C@@H]2CN(Cc3ccccn3)C[C@H]12.O=C(O)C(F)(F)F.O=C(O)C(F)(F)F. The normalized spacial score (nSPS) is 21.3. The lowest BCUT2D eigenvalue weighted by atomic mass is 9.93.